The minimum absolute atomic E-state index is 0.0795. The Morgan fingerprint density at radius 3 is 2.65 bits per heavy atom. The molecule has 0 amide bonds. The van der Waals surface area contributed by atoms with E-state index in [2.05, 4.69) is 4.90 Å². The van der Waals surface area contributed by atoms with E-state index >= 15 is 0 Å². The normalized spacial score (nSPS) is 31.8. The van der Waals surface area contributed by atoms with Gasteiger partial charge in [0.1, 0.15) is 0 Å². The van der Waals surface area contributed by atoms with Crippen molar-refractivity contribution in [1.29, 1.82) is 0 Å². The van der Waals surface area contributed by atoms with E-state index in [1.807, 2.05) is 10.4 Å². The molecular weight excluding hydrogens is 276 g/mol. The molecule has 0 spiro atoms. The van der Waals surface area contributed by atoms with Crippen LogP contribution in [-0.2, 0) is 16.6 Å². The van der Waals surface area contributed by atoms with Crippen molar-refractivity contribution < 1.29 is 12.8 Å². The number of furan rings is 1. The van der Waals surface area contributed by atoms with Crippen LogP contribution in [0.1, 0.15) is 31.2 Å². The number of hydrogen-bond donors (Lipinski definition) is 0. The largest absolute Gasteiger partial charge is 0.472 e. The van der Waals surface area contributed by atoms with Gasteiger partial charge in [-0.05, 0) is 31.7 Å². The minimum atomic E-state index is -3.02. The predicted octanol–water partition coefficient (Wildman–Crippen LogP) is 1.42. The van der Waals surface area contributed by atoms with Crippen LogP contribution in [-0.4, -0.2) is 48.0 Å². The lowest BCUT2D eigenvalue weighted by atomic mass is 10.1. The Hall–Kier alpha value is -0.850. The number of hydrogen-bond acceptors (Lipinski definition) is 4. The van der Waals surface area contributed by atoms with Gasteiger partial charge in [0.25, 0.3) is 0 Å². The van der Waals surface area contributed by atoms with Gasteiger partial charge < -0.3 is 4.42 Å². The van der Waals surface area contributed by atoms with Gasteiger partial charge in [-0.1, -0.05) is 0 Å². The summed E-state index contributed by atoms with van der Waals surface area (Å²) in [6.07, 6.45) is 7.12. The molecule has 3 fully saturated rings. The lowest BCUT2D eigenvalue weighted by molar-refractivity contribution is 0.239. The second-order valence-electron chi connectivity index (χ2n) is 6.17. The van der Waals surface area contributed by atoms with Crippen LogP contribution in [0, 0.1) is 0 Å². The van der Waals surface area contributed by atoms with Crippen LogP contribution in [0.2, 0.25) is 0 Å². The molecule has 1 aromatic heterocycles. The maximum atomic E-state index is 12.5. The van der Waals surface area contributed by atoms with Gasteiger partial charge in [0.15, 0.2) is 0 Å². The highest BCUT2D eigenvalue weighted by molar-refractivity contribution is 7.90. The fraction of sp³-hybridized carbons (Fsp3) is 0.714. The lowest BCUT2D eigenvalue weighted by Gasteiger charge is -2.25. The Morgan fingerprint density at radius 1 is 1.15 bits per heavy atom. The van der Waals surface area contributed by atoms with Crippen LogP contribution in [0.15, 0.2) is 23.0 Å². The number of likely N-dealkylation sites (tertiary alicyclic amines) is 1. The first-order chi connectivity index (χ1) is 9.66. The summed E-state index contributed by atoms with van der Waals surface area (Å²) in [5.41, 5.74) is 1.18. The molecule has 1 aliphatic carbocycles. The maximum absolute atomic E-state index is 12.5. The molecule has 0 aromatic carbocycles. The molecule has 0 radical (unpaired) electrons. The Morgan fingerprint density at radius 2 is 1.95 bits per heavy atom. The smallest absolute Gasteiger partial charge is 0.217 e. The van der Waals surface area contributed by atoms with E-state index in [9.17, 15) is 8.42 Å². The minimum Gasteiger partial charge on any atom is -0.472 e. The van der Waals surface area contributed by atoms with E-state index in [0.717, 1.165) is 38.8 Å². The molecular formula is C14H20N2O3S. The van der Waals surface area contributed by atoms with Gasteiger partial charge >= 0.3 is 0 Å². The highest BCUT2D eigenvalue weighted by Gasteiger charge is 2.50. The average Bonchev–Trinajstić information content (AvgIpc) is 2.86. The lowest BCUT2D eigenvalue weighted by Crippen LogP contribution is -2.41. The monoisotopic (exact) mass is 296 g/mol. The number of nitrogens with zero attached hydrogens (tertiary/aromatic N) is 2. The Balaban J connectivity index is 1.49. The molecule has 2 aliphatic heterocycles. The highest BCUT2D eigenvalue weighted by atomic mass is 32.2. The third-order valence-corrected chi connectivity index (χ3v) is 7.30. The third kappa shape index (κ3) is 2.01. The second-order valence-corrected chi connectivity index (χ2v) is 8.33. The molecule has 2 saturated heterocycles. The van der Waals surface area contributed by atoms with E-state index in [-0.39, 0.29) is 11.3 Å². The van der Waals surface area contributed by atoms with E-state index in [1.54, 1.807) is 12.5 Å². The molecule has 6 heteroatoms. The van der Waals surface area contributed by atoms with Gasteiger partial charge in [-0.25, -0.2) is 8.42 Å². The predicted molar refractivity (Wildman–Crippen MR) is 74.6 cm³/mol. The SMILES string of the molecule is O=S(=O)(C1CC1)N1CC[C@@H]2[C@@H]1CCN2Cc1ccoc1. The summed E-state index contributed by atoms with van der Waals surface area (Å²) >= 11 is 0. The third-order valence-electron chi connectivity index (χ3n) is 4.88. The van der Waals surface area contributed by atoms with Gasteiger partial charge in [-0.15, -0.1) is 0 Å². The Labute approximate surface area is 119 Å². The van der Waals surface area contributed by atoms with E-state index in [4.69, 9.17) is 4.42 Å². The molecule has 3 heterocycles. The van der Waals surface area contributed by atoms with Crippen LogP contribution < -0.4 is 0 Å². The van der Waals surface area contributed by atoms with Crippen LogP contribution in [0.25, 0.3) is 0 Å². The number of sulfonamides is 1. The number of fused-ring (bicyclic) bond motifs is 1. The summed E-state index contributed by atoms with van der Waals surface area (Å²) in [6.45, 7) is 2.56. The summed E-state index contributed by atoms with van der Waals surface area (Å²) < 4.78 is 31.8. The van der Waals surface area contributed by atoms with Crippen LogP contribution in [0.3, 0.4) is 0 Å². The van der Waals surface area contributed by atoms with E-state index in [0.29, 0.717) is 12.6 Å². The van der Waals surface area contributed by atoms with Gasteiger partial charge in [-0.3, -0.25) is 4.90 Å². The molecule has 110 valence electrons. The standard InChI is InChI=1S/C14H20N2O3S/c17-20(18,12-1-2-12)16-7-4-13-14(16)3-6-15(13)9-11-5-8-19-10-11/h5,8,10,12-14H,1-4,6-7,9H2/t13-,14+/m1/s1. The van der Waals surface area contributed by atoms with Crippen LogP contribution >= 0.6 is 0 Å². The van der Waals surface area contributed by atoms with Crippen molar-refractivity contribution in [3.8, 4) is 0 Å². The van der Waals surface area contributed by atoms with Crippen LogP contribution in [0.5, 0.6) is 0 Å². The van der Waals surface area contributed by atoms with Crippen molar-refractivity contribution in [2.24, 2.45) is 0 Å². The summed E-state index contributed by atoms with van der Waals surface area (Å²) in [4.78, 5) is 2.41. The van der Waals surface area contributed by atoms with Crippen molar-refractivity contribution >= 4 is 10.0 Å². The summed E-state index contributed by atoms with van der Waals surface area (Å²) in [5, 5.41) is -0.0795. The molecule has 5 nitrogen and oxygen atoms in total. The molecule has 20 heavy (non-hydrogen) atoms. The molecule has 1 saturated carbocycles. The molecule has 3 aliphatic rings. The second kappa shape index (κ2) is 4.58. The summed E-state index contributed by atoms with van der Waals surface area (Å²) in [7, 11) is -3.02. The number of rotatable bonds is 4. The quantitative estimate of drug-likeness (QED) is 0.843. The van der Waals surface area contributed by atoms with Gasteiger partial charge in [-0.2, -0.15) is 4.31 Å². The summed E-state index contributed by atoms with van der Waals surface area (Å²) in [6, 6.07) is 2.58. The van der Waals surface area contributed by atoms with Crippen molar-refractivity contribution in [3.05, 3.63) is 24.2 Å². The van der Waals surface area contributed by atoms with Crippen molar-refractivity contribution in [1.82, 2.24) is 9.21 Å². The highest BCUT2D eigenvalue weighted by Crippen LogP contribution is 2.39. The first-order valence-electron chi connectivity index (χ1n) is 7.42. The Bertz CT molecular complexity index is 580. The van der Waals surface area contributed by atoms with Gasteiger partial charge in [0.2, 0.25) is 10.0 Å². The van der Waals surface area contributed by atoms with Crippen molar-refractivity contribution in [2.75, 3.05) is 13.1 Å². The van der Waals surface area contributed by atoms with Crippen LogP contribution in [0.4, 0.5) is 0 Å². The van der Waals surface area contributed by atoms with Crippen molar-refractivity contribution in [2.45, 2.75) is 49.6 Å². The van der Waals surface area contributed by atoms with Crippen molar-refractivity contribution in [3.63, 3.8) is 0 Å². The maximum Gasteiger partial charge on any atom is 0.217 e. The van der Waals surface area contributed by atoms with E-state index in [1.165, 1.54) is 5.56 Å². The first-order valence-corrected chi connectivity index (χ1v) is 8.92. The Kier molecular flexibility index (Phi) is 2.94. The zero-order valence-corrected chi connectivity index (χ0v) is 12.3. The molecule has 0 N–H and O–H groups in total. The average molecular weight is 296 g/mol. The first kappa shape index (κ1) is 12.9. The zero-order chi connectivity index (χ0) is 13.7. The van der Waals surface area contributed by atoms with Gasteiger partial charge in [0.05, 0.1) is 17.8 Å². The molecule has 0 unspecified atom stereocenters. The fourth-order valence-electron chi connectivity index (χ4n) is 3.72. The topological polar surface area (TPSA) is 53.8 Å². The fourth-order valence-corrected chi connectivity index (χ4v) is 5.82. The van der Waals surface area contributed by atoms with Gasteiger partial charge in [0, 0.05) is 37.3 Å². The van der Waals surface area contributed by atoms with E-state index < -0.39 is 10.0 Å². The molecule has 4 rings (SSSR count). The molecule has 2 atom stereocenters. The molecule has 0 bridgehead atoms. The zero-order valence-electron chi connectivity index (χ0n) is 11.4. The molecule has 1 aromatic rings. The summed E-state index contributed by atoms with van der Waals surface area (Å²) in [5.74, 6) is 0.